The lowest BCUT2D eigenvalue weighted by Gasteiger charge is -2.24. The van der Waals surface area contributed by atoms with Crippen LogP contribution in [0.2, 0.25) is 5.02 Å². The molecule has 1 amide bonds. The molecule has 0 bridgehead atoms. The molecular weight excluding hydrogens is 300 g/mol. The first-order valence-corrected chi connectivity index (χ1v) is 8.13. The maximum atomic E-state index is 12.2. The van der Waals surface area contributed by atoms with Crippen molar-refractivity contribution in [2.75, 3.05) is 13.1 Å². The van der Waals surface area contributed by atoms with Gasteiger partial charge in [0, 0.05) is 24.4 Å². The van der Waals surface area contributed by atoms with Crippen molar-refractivity contribution in [3.05, 3.63) is 34.9 Å². The summed E-state index contributed by atoms with van der Waals surface area (Å²) in [7, 11) is 0. The molecule has 0 N–H and O–H groups in total. The van der Waals surface area contributed by atoms with E-state index in [1.54, 1.807) is 0 Å². The van der Waals surface area contributed by atoms with Crippen molar-refractivity contribution in [1.29, 1.82) is 0 Å². The van der Waals surface area contributed by atoms with Crippen LogP contribution in [0.1, 0.15) is 39.2 Å². The molecule has 0 saturated carbocycles. The highest BCUT2D eigenvalue weighted by Crippen LogP contribution is 2.19. The van der Waals surface area contributed by atoms with Gasteiger partial charge in [0.15, 0.2) is 6.10 Å². The van der Waals surface area contributed by atoms with Gasteiger partial charge in [0.2, 0.25) is 5.91 Å². The van der Waals surface area contributed by atoms with Crippen molar-refractivity contribution in [1.82, 2.24) is 4.90 Å². The number of benzene rings is 1. The minimum absolute atomic E-state index is 0.0678. The molecule has 5 heteroatoms. The molecule has 1 heterocycles. The Hall–Kier alpha value is -1.55. The van der Waals surface area contributed by atoms with E-state index in [-0.39, 0.29) is 12.0 Å². The fourth-order valence-corrected chi connectivity index (χ4v) is 2.60. The van der Waals surface area contributed by atoms with Gasteiger partial charge in [-0.2, -0.15) is 0 Å². The Bertz CT molecular complexity index is 540. The molecule has 0 radical (unpaired) electrons. The summed E-state index contributed by atoms with van der Waals surface area (Å²) in [5.41, 5.74) is 1.93. The van der Waals surface area contributed by atoms with Gasteiger partial charge in [-0.25, -0.2) is 0 Å². The predicted molar refractivity (Wildman–Crippen MR) is 89.2 cm³/mol. The fraction of sp³-hybridized carbons (Fsp3) is 0.529. The molecule has 4 nitrogen and oxygen atoms in total. The summed E-state index contributed by atoms with van der Waals surface area (Å²) in [5.74, 6) is 0.549. The van der Waals surface area contributed by atoms with Crippen molar-refractivity contribution in [3.63, 3.8) is 0 Å². The van der Waals surface area contributed by atoms with E-state index in [1.165, 1.54) is 0 Å². The number of likely N-dealkylation sites (N-methyl/N-ethyl adjacent to an activating group) is 1. The molecule has 0 aliphatic carbocycles. The quantitative estimate of drug-likeness (QED) is 0.801. The Kier molecular flexibility index (Phi) is 5.83. The molecule has 22 heavy (non-hydrogen) atoms. The molecule has 0 saturated heterocycles. The number of rotatable bonds is 6. The SMILES string of the molecule is CCN(CC1CC(c2ccc(Cl)cc2)=NO1)C(=O)CC(C)C. The fourth-order valence-electron chi connectivity index (χ4n) is 2.47. The standard InChI is InChI=1S/C17H23ClN2O2/c1-4-20(17(21)9-12(2)3)11-15-10-16(19-22-15)13-5-7-14(18)8-6-13/h5-8,12,15H,4,9-11H2,1-3H3. The summed E-state index contributed by atoms with van der Waals surface area (Å²) >= 11 is 5.90. The van der Waals surface area contributed by atoms with Crippen molar-refractivity contribution in [3.8, 4) is 0 Å². The molecular formula is C17H23ClN2O2. The first kappa shape index (κ1) is 16.8. The molecule has 1 unspecified atom stereocenters. The summed E-state index contributed by atoms with van der Waals surface area (Å²) in [5, 5.41) is 4.87. The van der Waals surface area contributed by atoms with Crippen LogP contribution in [-0.4, -0.2) is 35.7 Å². The second-order valence-electron chi connectivity index (χ2n) is 6.01. The molecule has 1 aromatic carbocycles. The number of halogens is 1. The second kappa shape index (κ2) is 7.63. The Morgan fingerprint density at radius 3 is 2.68 bits per heavy atom. The van der Waals surface area contributed by atoms with Crippen LogP contribution in [0.15, 0.2) is 29.4 Å². The third-order valence-corrected chi connectivity index (χ3v) is 3.90. The average molecular weight is 323 g/mol. The Morgan fingerprint density at radius 1 is 1.41 bits per heavy atom. The van der Waals surface area contributed by atoms with Crippen molar-refractivity contribution >= 4 is 23.2 Å². The van der Waals surface area contributed by atoms with E-state index in [9.17, 15) is 4.79 Å². The van der Waals surface area contributed by atoms with Crippen LogP contribution in [0.4, 0.5) is 0 Å². The smallest absolute Gasteiger partial charge is 0.222 e. The van der Waals surface area contributed by atoms with Gasteiger partial charge < -0.3 is 9.74 Å². The zero-order chi connectivity index (χ0) is 16.1. The molecule has 0 spiro atoms. The van der Waals surface area contributed by atoms with Gasteiger partial charge >= 0.3 is 0 Å². The molecule has 1 atom stereocenters. The number of carbonyl (C=O) groups is 1. The first-order chi connectivity index (χ1) is 10.5. The predicted octanol–water partition coefficient (Wildman–Crippen LogP) is 3.73. The number of nitrogens with zero attached hydrogens (tertiary/aromatic N) is 2. The lowest BCUT2D eigenvalue weighted by Crippen LogP contribution is -2.38. The van der Waals surface area contributed by atoms with Crippen LogP contribution in [0.5, 0.6) is 0 Å². The second-order valence-corrected chi connectivity index (χ2v) is 6.44. The third kappa shape index (κ3) is 4.47. The summed E-state index contributed by atoms with van der Waals surface area (Å²) in [4.78, 5) is 19.5. The van der Waals surface area contributed by atoms with E-state index in [4.69, 9.17) is 16.4 Å². The molecule has 1 aliphatic heterocycles. The van der Waals surface area contributed by atoms with E-state index < -0.39 is 0 Å². The van der Waals surface area contributed by atoms with E-state index in [2.05, 4.69) is 19.0 Å². The van der Waals surface area contributed by atoms with Crippen LogP contribution in [0.25, 0.3) is 0 Å². The van der Waals surface area contributed by atoms with E-state index >= 15 is 0 Å². The van der Waals surface area contributed by atoms with Gasteiger partial charge in [0.1, 0.15) is 0 Å². The highest BCUT2D eigenvalue weighted by Gasteiger charge is 2.26. The topological polar surface area (TPSA) is 41.9 Å². The van der Waals surface area contributed by atoms with E-state index in [0.29, 0.717) is 36.9 Å². The zero-order valence-electron chi connectivity index (χ0n) is 13.4. The largest absolute Gasteiger partial charge is 0.390 e. The lowest BCUT2D eigenvalue weighted by molar-refractivity contribution is -0.133. The molecule has 0 aromatic heterocycles. The van der Waals surface area contributed by atoms with Crippen LogP contribution >= 0.6 is 11.6 Å². The number of hydrogen-bond acceptors (Lipinski definition) is 3. The molecule has 2 rings (SSSR count). The molecule has 120 valence electrons. The Morgan fingerprint density at radius 2 is 2.09 bits per heavy atom. The van der Waals surface area contributed by atoms with Crippen LogP contribution in [0.3, 0.4) is 0 Å². The van der Waals surface area contributed by atoms with E-state index in [0.717, 1.165) is 11.3 Å². The summed E-state index contributed by atoms with van der Waals surface area (Å²) in [6.45, 7) is 7.39. The molecule has 1 aromatic rings. The Balaban J connectivity index is 1.91. The number of carbonyl (C=O) groups excluding carboxylic acids is 1. The first-order valence-electron chi connectivity index (χ1n) is 7.76. The van der Waals surface area contributed by atoms with Gasteiger partial charge in [-0.15, -0.1) is 0 Å². The van der Waals surface area contributed by atoms with Gasteiger partial charge in [-0.05, 0) is 30.5 Å². The van der Waals surface area contributed by atoms with Gasteiger partial charge in [-0.3, -0.25) is 4.79 Å². The Labute approximate surface area is 137 Å². The maximum Gasteiger partial charge on any atom is 0.222 e. The van der Waals surface area contributed by atoms with E-state index in [1.807, 2.05) is 36.1 Å². The van der Waals surface area contributed by atoms with Crippen molar-refractivity contribution in [2.45, 2.75) is 39.7 Å². The highest BCUT2D eigenvalue weighted by molar-refractivity contribution is 6.30. The van der Waals surface area contributed by atoms with Gasteiger partial charge in [0.05, 0.1) is 12.3 Å². The number of oxime groups is 1. The number of amides is 1. The zero-order valence-corrected chi connectivity index (χ0v) is 14.1. The summed E-state index contributed by atoms with van der Waals surface area (Å²) < 4.78 is 0. The van der Waals surface area contributed by atoms with Crippen molar-refractivity contribution < 1.29 is 9.63 Å². The minimum Gasteiger partial charge on any atom is -0.390 e. The molecule has 1 aliphatic rings. The van der Waals surface area contributed by atoms with Gasteiger partial charge in [0.25, 0.3) is 0 Å². The lowest BCUT2D eigenvalue weighted by atomic mass is 10.0. The molecule has 0 fully saturated rings. The van der Waals surface area contributed by atoms with Crippen LogP contribution in [-0.2, 0) is 9.63 Å². The average Bonchev–Trinajstić information content (AvgIpc) is 2.93. The number of hydrogen-bond donors (Lipinski definition) is 0. The summed E-state index contributed by atoms with van der Waals surface area (Å²) in [6, 6.07) is 7.57. The third-order valence-electron chi connectivity index (χ3n) is 3.65. The van der Waals surface area contributed by atoms with Gasteiger partial charge in [-0.1, -0.05) is 42.7 Å². The maximum absolute atomic E-state index is 12.2. The van der Waals surface area contributed by atoms with Crippen LogP contribution < -0.4 is 0 Å². The summed E-state index contributed by atoms with van der Waals surface area (Å²) in [6.07, 6.45) is 1.22. The van der Waals surface area contributed by atoms with Crippen molar-refractivity contribution in [2.24, 2.45) is 11.1 Å². The van der Waals surface area contributed by atoms with Crippen LogP contribution in [0, 0.1) is 5.92 Å². The highest BCUT2D eigenvalue weighted by atomic mass is 35.5. The minimum atomic E-state index is -0.0678. The monoisotopic (exact) mass is 322 g/mol. The normalized spacial score (nSPS) is 17.3.